The van der Waals surface area contributed by atoms with Gasteiger partial charge in [0.1, 0.15) is 10.7 Å². The normalized spacial score (nSPS) is 19.6. The summed E-state index contributed by atoms with van der Waals surface area (Å²) < 4.78 is 31.6. The minimum Gasteiger partial charge on any atom is -0.475 e. The average molecular weight is 302 g/mol. The van der Waals surface area contributed by atoms with Gasteiger partial charge in [-0.1, -0.05) is 0 Å². The number of carboxylic acid groups (broad SMARTS) is 1. The van der Waals surface area contributed by atoms with Crippen molar-refractivity contribution in [2.75, 3.05) is 6.54 Å². The molecule has 1 atom stereocenters. The average Bonchev–Trinajstić information content (AvgIpc) is 2.75. The molecule has 1 aromatic heterocycles. The first-order valence-corrected chi connectivity index (χ1v) is 7.40. The number of aromatic carboxylic acids is 1. The molecule has 1 aliphatic heterocycles. The first-order valence-electron chi connectivity index (χ1n) is 5.92. The fourth-order valence-electron chi connectivity index (χ4n) is 1.95. The molecule has 1 saturated heterocycles. The van der Waals surface area contributed by atoms with Crippen molar-refractivity contribution in [3.05, 3.63) is 17.6 Å². The Hall–Kier alpha value is -1.87. The summed E-state index contributed by atoms with van der Waals surface area (Å²) in [5, 5.41) is 11.3. The minimum atomic E-state index is -3.88. The number of carboxylic acids is 1. The van der Waals surface area contributed by atoms with Gasteiger partial charge in [0.15, 0.2) is 0 Å². The van der Waals surface area contributed by atoms with Gasteiger partial charge in [0, 0.05) is 25.1 Å². The van der Waals surface area contributed by atoms with Gasteiger partial charge < -0.3 is 14.8 Å². The molecule has 0 bridgehead atoms. The van der Waals surface area contributed by atoms with Crippen LogP contribution in [0.3, 0.4) is 0 Å². The monoisotopic (exact) mass is 302 g/mol. The van der Waals surface area contributed by atoms with Gasteiger partial charge in [-0.15, -0.1) is 0 Å². The fraction of sp³-hybridized carbons (Fsp3) is 0.455. The molecule has 20 heavy (non-hydrogen) atoms. The molecule has 0 aliphatic carbocycles. The number of carbonyl (C=O) groups excluding carboxylic acids is 1. The second-order valence-electron chi connectivity index (χ2n) is 4.50. The van der Waals surface area contributed by atoms with Crippen molar-refractivity contribution in [2.24, 2.45) is 0 Å². The van der Waals surface area contributed by atoms with E-state index in [-0.39, 0.29) is 29.5 Å². The van der Waals surface area contributed by atoms with Crippen LogP contribution >= 0.6 is 0 Å². The third-order valence-corrected chi connectivity index (χ3v) is 4.59. The summed E-state index contributed by atoms with van der Waals surface area (Å²) in [4.78, 5) is 21.6. The standard InChI is InChI=1S/C11H14N2O6S/c1-6-9(4-8(19-6)11(15)16)20(17,18)13-7-2-3-10(14)12-5-7/h4,7,13H,2-3,5H2,1H3,(H,12,14)(H,15,16). The molecular formula is C11H14N2O6S. The van der Waals surface area contributed by atoms with Crippen LogP contribution in [0, 0.1) is 6.92 Å². The number of hydrogen-bond donors (Lipinski definition) is 3. The van der Waals surface area contributed by atoms with E-state index >= 15 is 0 Å². The predicted octanol–water partition coefficient (Wildman–Crippen LogP) is -0.157. The molecule has 1 amide bonds. The highest BCUT2D eigenvalue weighted by atomic mass is 32.2. The largest absolute Gasteiger partial charge is 0.475 e. The second kappa shape index (κ2) is 5.25. The first kappa shape index (κ1) is 14.5. The molecule has 110 valence electrons. The lowest BCUT2D eigenvalue weighted by Crippen LogP contribution is -2.47. The summed E-state index contributed by atoms with van der Waals surface area (Å²) in [5.74, 6) is -1.87. The van der Waals surface area contributed by atoms with Crippen molar-refractivity contribution in [1.29, 1.82) is 0 Å². The molecule has 9 heteroatoms. The molecule has 2 heterocycles. The SMILES string of the molecule is Cc1oc(C(=O)O)cc1S(=O)(=O)NC1CCC(=O)NC1. The van der Waals surface area contributed by atoms with E-state index in [1.165, 1.54) is 6.92 Å². The highest BCUT2D eigenvalue weighted by molar-refractivity contribution is 7.89. The number of nitrogens with one attached hydrogen (secondary N) is 2. The molecule has 0 aromatic carbocycles. The quantitative estimate of drug-likeness (QED) is 0.709. The Morgan fingerprint density at radius 1 is 1.55 bits per heavy atom. The highest BCUT2D eigenvalue weighted by Gasteiger charge is 2.28. The van der Waals surface area contributed by atoms with E-state index in [2.05, 4.69) is 10.0 Å². The van der Waals surface area contributed by atoms with Crippen molar-refractivity contribution in [1.82, 2.24) is 10.0 Å². The topological polar surface area (TPSA) is 126 Å². The van der Waals surface area contributed by atoms with Crippen molar-refractivity contribution >= 4 is 21.9 Å². The number of amides is 1. The molecule has 8 nitrogen and oxygen atoms in total. The zero-order valence-electron chi connectivity index (χ0n) is 10.7. The van der Waals surface area contributed by atoms with Crippen LogP contribution < -0.4 is 10.0 Å². The van der Waals surface area contributed by atoms with Crippen LogP contribution in [-0.4, -0.2) is 38.0 Å². The fourth-order valence-corrected chi connectivity index (χ4v) is 3.40. The first-order chi connectivity index (χ1) is 9.29. The van der Waals surface area contributed by atoms with Crippen LogP contribution in [0.5, 0.6) is 0 Å². The van der Waals surface area contributed by atoms with Crippen molar-refractivity contribution in [3.63, 3.8) is 0 Å². The number of piperidine rings is 1. The van der Waals surface area contributed by atoms with Gasteiger partial charge in [0.25, 0.3) is 0 Å². The van der Waals surface area contributed by atoms with Gasteiger partial charge in [0.2, 0.25) is 21.7 Å². The van der Waals surface area contributed by atoms with E-state index in [1.807, 2.05) is 0 Å². The smallest absolute Gasteiger partial charge is 0.371 e. The van der Waals surface area contributed by atoms with E-state index in [0.29, 0.717) is 6.42 Å². The molecule has 3 N–H and O–H groups in total. The van der Waals surface area contributed by atoms with Gasteiger partial charge in [-0.25, -0.2) is 17.9 Å². The Morgan fingerprint density at radius 2 is 2.25 bits per heavy atom. The van der Waals surface area contributed by atoms with Gasteiger partial charge >= 0.3 is 5.97 Å². The number of rotatable bonds is 4. The Labute approximate surface area is 115 Å². The summed E-state index contributed by atoms with van der Waals surface area (Å²) in [6, 6.07) is 0.557. The van der Waals surface area contributed by atoms with Crippen LogP contribution in [0.15, 0.2) is 15.4 Å². The molecule has 1 fully saturated rings. The Kier molecular flexibility index (Phi) is 3.82. The minimum absolute atomic E-state index is 0.00902. The third kappa shape index (κ3) is 2.99. The molecule has 1 aliphatic rings. The molecule has 1 aromatic rings. The number of aryl methyl sites for hydroxylation is 1. The van der Waals surface area contributed by atoms with Crippen LogP contribution in [0.2, 0.25) is 0 Å². The number of furan rings is 1. The van der Waals surface area contributed by atoms with Gasteiger partial charge in [-0.05, 0) is 13.3 Å². The van der Waals surface area contributed by atoms with E-state index in [1.54, 1.807) is 0 Å². The van der Waals surface area contributed by atoms with Gasteiger partial charge in [0.05, 0.1) is 0 Å². The summed E-state index contributed by atoms with van der Waals surface area (Å²) >= 11 is 0. The van der Waals surface area contributed by atoms with Crippen LogP contribution in [0.1, 0.15) is 29.2 Å². The summed E-state index contributed by atoms with van der Waals surface area (Å²) in [7, 11) is -3.88. The lowest BCUT2D eigenvalue weighted by molar-refractivity contribution is -0.122. The second-order valence-corrected chi connectivity index (χ2v) is 6.18. The van der Waals surface area contributed by atoms with Crippen LogP contribution in [0.4, 0.5) is 0 Å². The van der Waals surface area contributed by atoms with Crippen molar-refractivity contribution in [2.45, 2.75) is 30.7 Å². The number of hydrogen-bond acceptors (Lipinski definition) is 5. The van der Waals surface area contributed by atoms with Crippen LogP contribution in [0.25, 0.3) is 0 Å². The Bertz CT molecular complexity index is 638. The predicted molar refractivity (Wildman–Crippen MR) is 66.8 cm³/mol. The maximum Gasteiger partial charge on any atom is 0.371 e. The molecular weight excluding hydrogens is 288 g/mol. The summed E-state index contributed by atoms with van der Waals surface area (Å²) in [5.41, 5.74) is 0. The molecule has 0 saturated carbocycles. The molecule has 2 rings (SSSR count). The van der Waals surface area contributed by atoms with Crippen molar-refractivity contribution < 1.29 is 27.5 Å². The number of carbonyl (C=O) groups is 2. The molecule has 0 radical (unpaired) electrons. The van der Waals surface area contributed by atoms with E-state index < -0.39 is 27.8 Å². The maximum atomic E-state index is 12.2. The maximum absolute atomic E-state index is 12.2. The van der Waals surface area contributed by atoms with E-state index in [4.69, 9.17) is 9.52 Å². The number of sulfonamides is 1. The lowest BCUT2D eigenvalue weighted by atomic mass is 10.1. The highest BCUT2D eigenvalue weighted by Crippen LogP contribution is 2.20. The van der Waals surface area contributed by atoms with Gasteiger partial charge in [-0.3, -0.25) is 4.79 Å². The van der Waals surface area contributed by atoms with E-state index in [9.17, 15) is 18.0 Å². The zero-order chi connectivity index (χ0) is 14.9. The summed E-state index contributed by atoms with van der Waals surface area (Å²) in [6.07, 6.45) is 0.645. The van der Waals surface area contributed by atoms with Gasteiger partial charge in [-0.2, -0.15) is 0 Å². The molecule has 1 unspecified atom stereocenters. The third-order valence-electron chi connectivity index (χ3n) is 2.96. The van der Waals surface area contributed by atoms with Crippen molar-refractivity contribution in [3.8, 4) is 0 Å². The molecule has 0 spiro atoms. The Morgan fingerprint density at radius 3 is 2.75 bits per heavy atom. The van der Waals surface area contributed by atoms with Crippen LogP contribution in [-0.2, 0) is 14.8 Å². The summed E-state index contributed by atoms with van der Waals surface area (Å²) in [6.45, 7) is 1.59. The van der Waals surface area contributed by atoms with E-state index in [0.717, 1.165) is 6.07 Å². The lowest BCUT2D eigenvalue weighted by Gasteiger charge is -2.23. The zero-order valence-corrected chi connectivity index (χ0v) is 11.5. The Balaban J connectivity index is 2.18.